The number of rotatable bonds is 12. The van der Waals surface area contributed by atoms with Gasteiger partial charge in [0, 0.05) is 17.5 Å². The summed E-state index contributed by atoms with van der Waals surface area (Å²) in [6.45, 7) is 5.55. The molecule has 2 amide bonds. The maximum atomic E-state index is 14.2. The topological polar surface area (TPSA) is 86.8 Å². The summed E-state index contributed by atoms with van der Waals surface area (Å²) in [7, 11) is -4.10. The fourth-order valence-electron chi connectivity index (χ4n) is 5.41. The molecule has 0 spiro atoms. The predicted molar refractivity (Wildman–Crippen MR) is 170 cm³/mol. The van der Waals surface area contributed by atoms with Gasteiger partial charge in [-0.25, -0.2) is 8.42 Å². The van der Waals surface area contributed by atoms with E-state index in [9.17, 15) is 18.0 Å². The lowest BCUT2D eigenvalue weighted by Crippen LogP contribution is -2.53. The second-order valence-corrected chi connectivity index (χ2v) is 13.7. The van der Waals surface area contributed by atoms with Crippen LogP contribution >= 0.6 is 11.8 Å². The lowest BCUT2D eigenvalue weighted by Gasteiger charge is -2.34. The van der Waals surface area contributed by atoms with Crippen molar-refractivity contribution in [2.75, 3.05) is 17.1 Å². The maximum absolute atomic E-state index is 14.2. The molecule has 1 aliphatic rings. The van der Waals surface area contributed by atoms with Crippen LogP contribution in [-0.2, 0) is 26.2 Å². The number of carbonyl (C=O) groups is 2. The monoisotopic (exact) mass is 607 g/mol. The molecule has 3 aromatic rings. The highest BCUT2D eigenvalue weighted by atomic mass is 32.2. The fourth-order valence-corrected chi connectivity index (χ4v) is 7.23. The Bertz CT molecular complexity index is 1470. The van der Waals surface area contributed by atoms with Crippen molar-refractivity contribution >= 4 is 39.3 Å². The summed E-state index contributed by atoms with van der Waals surface area (Å²) in [6.07, 6.45) is 6.36. The van der Waals surface area contributed by atoms with Crippen molar-refractivity contribution in [2.24, 2.45) is 0 Å². The minimum absolute atomic E-state index is 0.102. The van der Waals surface area contributed by atoms with Crippen molar-refractivity contribution in [2.45, 2.75) is 81.3 Å². The van der Waals surface area contributed by atoms with E-state index in [4.69, 9.17) is 0 Å². The van der Waals surface area contributed by atoms with E-state index in [0.717, 1.165) is 51.6 Å². The van der Waals surface area contributed by atoms with E-state index >= 15 is 0 Å². The smallest absolute Gasteiger partial charge is 0.264 e. The quantitative estimate of drug-likeness (QED) is 0.252. The Balaban J connectivity index is 1.71. The van der Waals surface area contributed by atoms with Crippen LogP contribution in [0.25, 0.3) is 0 Å². The minimum atomic E-state index is -4.10. The van der Waals surface area contributed by atoms with Crippen LogP contribution in [0.15, 0.2) is 82.6 Å². The molecule has 42 heavy (non-hydrogen) atoms. The van der Waals surface area contributed by atoms with E-state index in [1.165, 1.54) is 11.8 Å². The van der Waals surface area contributed by atoms with E-state index in [2.05, 4.69) is 5.32 Å². The summed E-state index contributed by atoms with van der Waals surface area (Å²) >= 11 is 1.52. The molecule has 4 rings (SSSR count). The summed E-state index contributed by atoms with van der Waals surface area (Å²) in [5.41, 5.74) is 3.29. The molecule has 0 bridgehead atoms. The van der Waals surface area contributed by atoms with Gasteiger partial charge in [-0.2, -0.15) is 0 Å². The van der Waals surface area contributed by atoms with Crippen LogP contribution < -0.4 is 9.62 Å². The van der Waals surface area contributed by atoms with Gasteiger partial charge in [-0.3, -0.25) is 13.9 Å². The SMILES string of the molecule is CC[C@H](C(=O)NC1CCCC1)N(Cc1cccc(C)c1)C(=O)CN(c1ccc(C)cc1)S(=O)(=O)c1ccc(SC)cc1. The first-order chi connectivity index (χ1) is 20.1. The van der Waals surface area contributed by atoms with Gasteiger partial charge in [0.05, 0.1) is 10.6 Å². The first-order valence-electron chi connectivity index (χ1n) is 14.5. The highest BCUT2D eigenvalue weighted by Gasteiger charge is 2.34. The van der Waals surface area contributed by atoms with Crippen LogP contribution in [0.5, 0.6) is 0 Å². The van der Waals surface area contributed by atoms with Crippen LogP contribution in [0.3, 0.4) is 0 Å². The molecular weight excluding hydrogens is 567 g/mol. The Morgan fingerprint density at radius 3 is 2.21 bits per heavy atom. The van der Waals surface area contributed by atoms with Crippen LogP contribution in [0.1, 0.15) is 55.7 Å². The summed E-state index contributed by atoms with van der Waals surface area (Å²) < 4.78 is 29.3. The number of amides is 2. The number of anilines is 1. The minimum Gasteiger partial charge on any atom is -0.352 e. The molecule has 0 radical (unpaired) electrons. The molecule has 0 aromatic heterocycles. The van der Waals surface area contributed by atoms with Crippen LogP contribution in [-0.4, -0.2) is 50.0 Å². The molecule has 1 saturated carbocycles. The Hall–Kier alpha value is -3.30. The van der Waals surface area contributed by atoms with E-state index in [-0.39, 0.29) is 23.4 Å². The van der Waals surface area contributed by atoms with E-state index in [1.54, 1.807) is 41.3 Å². The molecule has 224 valence electrons. The third kappa shape index (κ3) is 7.75. The third-order valence-electron chi connectivity index (χ3n) is 7.77. The average molecular weight is 608 g/mol. The number of hydrogen-bond acceptors (Lipinski definition) is 5. The Morgan fingerprint density at radius 1 is 0.952 bits per heavy atom. The van der Waals surface area contributed by atoms with Gasteiger partial charge in [-0.1, -0.05) is 67.3 Å². The summed E-state index contributed by atoms with van der Waals surface area (Å²) in [4.78, 5) is 30.4. The molecule has 0 unspecified atom stereocenters. The predicted octanol–water partition coefficient (Wildman–Crippen LogP) is 6.09. The normalized spacial score (nSPS) is 14.4. The van der Waals surface area contributed by atoms with Gasteiger partial charge in [0.15, 0.2) is 0 Å². The van der Waals surface area contributed by atoms with Crippen LogP contribution in [0.2, 0.25) is 0 Å². The van der Waals surface area contributed by atoms with Crippen LogP contribution in [0, 0.1) is 13.8 Å². The summed E-state index contributed by atoms with van der Waals surface area (Å²) in [5.74, 6) is -0.627. The zero-order valence-electron chi connectivity index (χ0n) is 24.9. The first-order valence-corrected chi connectivity index (χ1v) is 17.2. The lowest BCUT2D eigenvalue weighted by atomic mass is 10.1. The number of aryl methyl sites for hydroxylation is 2. The second kappa shape index (κ2) is 14.2. The van der Waals surface area contributed by atoms with E-state index in [0.29, 0.717) is 12.1 Å². The van der Waals surface area contributed by atoms with E-state index in [1.807, 2.05) is 63.4 Å². The number of thioether (sulfide) groups is 1. The van der Waals surface area contributed by atoms with Gasteiger partial charge in [-0.05, 0) is 81.3 Å². The summed E-state index contributed by atoms with van der Waals surface area (Å²) in [6, 6.07) is 20.9. The largest absolute Gasteiger partial charge is 0.352 e. The van der Waals surface area contributed by atoms with E-state index < -0.39 is 28.5 Å². The molecule has 0 saturated heterocycles. The van der Waals surface area contributed by atoms with Crippen molar-refractivity contribution in [1.29, 1.82) is 0 Å². The highest BCUT2D eigenvalue weighted by Crippen LogP contribution is 2.27. The van der Waals surface area contributed by atoms with Crippen molar-refractivity contribution in [3.05, 3.63) is 89.5 Å². The van der Waals surface area contributed by atoms with Gasteiger partial charge in [0.25, 0.3) is 10.0 Å². The van der Waals surface area contributed by atoms with Crippen molar-refractivity contribution in [3.63, 3.8) is 0 Å². The molecule has 7 nitrogen and oxygen atoms in total. The highest BCUT2D eigenvalue weighted by molar-refractivity contribution is 7.98. The van der Waals surface area contributed by atoms with Crippen LogP contribution in [0.4, 0.5) is 5.69 Å². The number of nitrogens with zero attached hydrogens (tertiary/aromatic N) is 2. The second-order valence-electron chi connectivity index (χ2n) is 10.9. The molecular formula is C33H41N3O4S2. The third-order valence-corrected chi connectivity index (χ3v) is 10.3. The molecule has 9 heteroatoms. The Morgan fingerprint density at radius 2 is 1.62 bits per heavy atom. The van der Waals surface area contributed by atoms with Crippen molar-refractivity contribution < 1.29 is 18.0 Å². The number of carbonyl (C=O) groups excluding carboxylic acids is 2. The fraction of sp³-hybridized carbons (Fsp3) is 0.394. The number of benzene rings is 3. The molecule has 0 heterocycles. The van der Waals surface area contributed by atoms with Gasteiger partial charge in [-0.15, -0.1) is 11.8 Å². The number of sulfonamides is 1. The Kier molecular flexibility index (Phi) is 10.7. The average Bonchev–Trinajstić information content (AvgIpc) is 3.49. The molecule has 1 fully saturated rings. The zero-order chi connectivity index (χ0) is 30.3. The number of hydrogen-bond donors (Lipinski definition) is 1. The Labute approximate surface area is 254 Å². The molecule has 1 aliphatic carbocycles. The molecule has 1 N–H and O–H groups in total. The number of nitrogens with one attached hydrogen (secondary N) is 1. The van der Waals surface area contributed by atoms with Crippen molar-refractivity contribution in [1.82, 2.24) is 10.2 Å². The molecule has 3 aromatic carbocycles. The van der Waals surface area contributed by atoms with Gasteiger partial charge >= 0.3 is 0 Å². The maximum Gasteiger partial charge on any atom is 0.264 e. The van der Waals surface area contributed by atoms with Gasteiger partial charge < -0.3 is 10.2 Å². The standard InChI is InChI=1S/C33H41N3O4S2/c1-5-31(33(38)34-27-11-6-7-12-27)35(22-26-10-8-9-25(3)21-26)32(37)23-36(28-15-13-24(2)14-16-28)42(39,40)30-19-17-29(41-4)18-20-30/h8-10,13-21,27,31H,5-7,11-12,22-23H2,1-4H3,(H,34,38)/t31-/m1/s1. The molecule has 0 aliphatic heterocycles. The molecule has 1 atom stereocenters. The lowest BCUT2D eigenvalue weighted by molar-refractivity contribution is -0.140. The van der Waals surface area contributed by atoms with Gasteiger partial charge in [0.1, 0.15) is 12.6 Å². The summed E-state index contributed by atoms with van der Waals surface area (Å²) in [5, 5.41) is 3.15. The van der Waals surface area contributed by atoms with Crippen molar-refractivity contribution in [3.8, 4) is 0 Å². The zero-order valence-corrected chi connectivity index (χ0v) is 26.5. The van der Waals surface area contributed by atoms with Gasteiger partial charge in [0.2, 0.25) is 11.8 Å². The first kappa shape index (κ1) is 31.6.